The number of ether oxygens (including phenoxy) is 1. The van der Waals surface area contributed by atoms with Gasteiger partial charge in [-0.1, -0.05) is 12.1 Å². The van der Waals surface area contributed by atoms with Gasteiger partial charge in [0.25, 0.3) is 5.91 Å². The molecule has 1 aromatic carbocycles. The summed E-state index contributed by atoms with van der Waals surface area (Å²) in [5.74, 6) is -0.865. The number of carbonyl (C=O) groups is 2. The Kier molecular flexibility index (Phi) is 6.63. The highest BCUT2D eigenvalue weighted by Crippen LogP contribution is 2.32. The number of nitrogens with one attached hydrogen (secondary N) is 1. The number of aryl methyl sites for hydroxylation is 3. The lowest BCUT2D eigenvalue weighted by atomic mass is 10.00. The molecule has 36 heavy (non-hydrogen) atoms. The van der Waals surface area contributed by atoms with E-state index in [0.717, 1.165) is 49.3 Å². The number of nitrogens with zero attached hydrogens (tertiary/aromatic N) is 3. The Morgan fingerprint density at radius 2 is 2.08 bits per heavy atom. The van der Waals surface area contributed by atoms with Crippen molar-refractivity contribution in [2.75, 3.05) is 25.5 Å². The van der Waals surface area contributed by atoms with Crippen LogP contribution in [0.3, 0.4) is 0 Å². The Labute approximate surface area is 208 Å². The number of pyridine rings is 1. The molecule has 1 amide bonds. The van der Waals surface area contributed by atoms with Gasteiger partial charge in [0.05, 0.1) is 19.6 Å². The summed E-state index contributed by atoms with van der Waals surface area (Å²) in [6.45, 7) is 1.82. The van der Waals surface area contributed by atoms with Gasteiger partial charge >= 0.3 is 5.97 Å². The third kappa shape index (κ3) is 4.78. The van der Waals surface area contributed by atoms with Crippen molar-refractivity contribution in [1.82, 2.24) is 14.5 Å². The quantitative estimate of drug-likeness (QED) is 0.496. The first-order valence-electron chi connectivity index (χ1n) is 12.2. The molecule has 8 nitrogen and oxygen atoms in total. The molecular weight excluding hydrogens is 463 g/mol. The summed E-state index contributed by atoms with van der Waals surface area (Å²) in [5, 5.41) is 12.9. The van der Waals surface area contributed by atoms with Crippen molar-refractivity contribution < 1.29 is 23.8 Å². The highest BCUT2D eigenvalue weighted by molar-refractivity contribution is 5.94. The predicted octanol–water partition coefficient (Wildman–Crippen LogP) is 3.85. The Morgan fingerprint density at radius 1 is 1.22 bits per heavy atom. The highest BCUT2D eigenvalue weighted by Gasteiger charge is 2.33. The number of fused-ring (bicyclic) bond motifs is 2. The maximum absolute atomic E-state index is 14.4. The molecule has 0 saturated carbocycles. The average molecular weight is 493 g/mol. The number of aromatic nitrogens is 2. The summed E-state index contributed by atoms with van der Waals surface area (Å²) < 4.78 is 21.3. The number of amides is 1. The van der Waals surface area contributed by atoms with Crippen molar-refractivity contribution in [2.45, 2.75) is 44.7 Å². The van der Waals surface area contributed by atoms with Gasteiger partial charge in [0.2, 0.25) is 0 Å². The molecule has 0 bridgehead atoms. The van der Waals surface area contributed by atoms with Gasteiger partial charge < -0.3 is 24.6 Å². The van der Waals surface area contributed by atoms with Crippen LogP contribution in [0.2, 0.25) is 0 Å². The van der Waals surface area contributed by atoms with Gasteiger partial charge in [0.15, 0.2) is 11.6 Å². The number of methoxy groups -OCH3 is 1. The highest BCUT2D eigenvalue weighted by atomic mass is 19.1. The number of carbonyl (C=O) groups excluding carboxylic acids is 1. The fourth-order valence-electron chi connectivity index (χ4n) is 5.08. The average Bonchev–Trinajstić information content (AvgIpc) is 3.30. The lowest BCUT2D eigenvalue weighted by molar-refractivity contribution is -0.138. The molecule has 0 aliphatic carbocycles. The van der Waals surface area contributed by atoms with Crippen LogP contribution in [0.5, 0.6) is 5.75 Å². The van der Waals surface area contributed by atoms with E-state index < -0.39 is 17.8 Å². The molecule has 4 heterocycles. The number of benzene rings is 1. The molecular formula is C27H29FN4O4. The van der Waals surface area contributed by atoms with Crippen molar-refractivity contribution in [3.63, 3.8) is 0 Å². The lowest BCUT2D eigenvalue weighted by Gasteiger charge is -2.35. The molecule has 9 heteroatoms. The van der Waals surface area contributed by atoms with Gasteiger partial charge in [-0.2, -0.15) is 0 Å². The topological polar surface area (TPSA) is 96.7 Å². The largest absolute Gasteiger partial charge is 0.494 e. The van der Waals surface area contributed by atoms with E-state index in [-0.39, 0.29) is 18.1 Å². The van der Waals surface area contributed by atoms with Crippen LogP contribution >= 0.6 is 0 Å². The van der Waals surface area contributed by atoms with E-state index in [1.807, 2.05) is 16.8 Å². The number of hydrogen-bond acceptors (Lipinski definition) is 5. The fourth-order valence-corrected chi connectivity index (χ4v) is 5.08. The molecule has 1 atom stereocenters. The lowest BCUT2D eigenvalue weighted by Crippen LogP contribution is -2.43. The van der Waals surface area contributed by atoms with E-state index in [2.05, 4.69) is 17.4 Å². The summed E-state index contributed by atoms with van der Waals surface area (Å²) in [5.41, 5.74) is 4.22. The van der Waals surface area contributed by atoms with Crippen LogP contribution in [0.4, 0.5) is 10.2 Å². The van der Waals surface area contributed by atoms with Crippen molar-refractivity contribution in [1.29, 1.82) is 0 Å². The van der Waals surface area contributed by atoms with Gasteiger partial charge in [-0.05, 0) is 66.6 Å². The van der Waals surface area contributed by atoms with Gasteiger partial charge in [0.1, 0.15) is 11.5 Å². The Morgan fingerprint density at radius 3 is 2.86 bits per heavy atom. The molecule has 2 aliphatic rings. The fraction of sp³-hybridized carbons (Fsp3) is 0.370. The molecule has 0 spiro atoms. The van der Waals surface area contributed by atoms with Crippen LogP contribution in [-0.4, -0.2) is 51.6 Å². The Hall–Kier alpha value is -3.88. The second-order valence-corrected chi connectivity index (χ2v) is 9.27. The zero-order chi connectivity index (χ0) is 25.2. The minimum absolute atomic E-state index is 0.0699. The molecule has 3 aromatic rings. The SMILES string of the molecule is COc1ccc([C@@H](CC(=O)O)N2CCn3cc(CCc4ccc5c(n4)NCCC5)cc3C2=O)cc1F. The second kappa shape index (κ2) is 10.0. The molecule has 0 unspecified atom stereocenters. The van der Waals surface area contributed by atoms with Crippen molar-refractivity contribution in [3.05, 3.63) is 76.5 Å². The van der Waals surface area contributed by atoms with E-state index in [1.54, 1.807) is 6.07 Å². The van der Waals surface area contributed by atoms with Crippen molar-refractivity contribution in [2.24, 2.45) is 0 Å². The van der Waals surface area contributed by atoms with Crippen LogP contribution < -0.4 is 10.1 Å². The molecule has 188 valence electrons. The minimum Gasteiger partial charge on any atom is -0.494 e. The smallest absolute Gasteiger partial charge is 0.305 e. The summed E-state index contributed by atoms with van der Waals surface area (Å²) in [7, 11) is 1.37. The molecule has 5 rings (SSSR count). The zero-order valence-corrected chi connectivity index (χ0v) is 20.2. The maximum atomic E-state index is 14.4. The number of anilines is 1. The summed E-state index contributed by atoms with van der Waals surface area (Å²) in [4.78, 5) is 31.4. The van der Waals surface area contributed by atoms with Crippen LogP contribution in [0.15, 0.2) is 42.6 Å². The Balaban J connectivity index is 1.33. The second-order valence-electron chi connectivity index (χ2n) is 9.27. The number of rotatable bonds is 8. The number of carboxylic acids is 1. The predicted molar refractivity (Wildman–Crippen MR) is 132 cm³/mol. The van der Waals surface area contributed by atoms with Crippen LogP contribution in [0, 0.1) is 5.82 Å². The number of carboxylic acid groups (broad SMARTS) is 1. The third-order valence-corrected chi connectivity index (χ3v) is 6.94. The monoisotopic (exact) mass is 492 g/mol. The normalized spacial score (nSPS) is 15.6. The van der Waals surface area contributed by atoms with E-state index in [0.29, 0.717) is 24.3 Å². The molecule has 2 aromatic heterocycles. The first-order chi connectivity index (χ1) is 17.4. The zero-order valence-electron chi connectivity index (χ0n) is 20.2. The molecule has 2 aliphatic heterocycles. The Bertz CT molecular complexity index is 1300. The molecule has 0 fully saturated rings. The van der Waals surface area contributed by atoms with E-state index in [1.165, 1.54) is 29.7 Å². The minimum atomic E-state index is -1.06. The van der Waals surface area contributed by atoms with E-state index >= 15 is 0 Å². The molecule has 0 saturated heterocycles. The van der Waals surface area contributed by atoms with Gasteiger partial charge in [0, 0.05) is 31.5 Å². The van der Waals surface area contributed by atoms with Gasteiger partial charge in [-0.25, -0.2) is 9.37 Å². The first-order valence-corrected chi connectivity index (χ1v) is 12.2. The first kappa shape index (κ1) is 23.8. The van der Waals surface area contributed by atoms with E-state index in [9.17, 15) is 19.1 Å². The summed E-state index contributed by atoms with van der Waals surface area (Å²) in [6.07, 6.45) is 5.33. The maximum Gasteiger partial charge on any atom is 0.305 e. The number of hydrogen-bond donors (Lipinski definition) is 2. The molecule has 2 N–H and O–H groups in total. The molecule has 0 radical (unpaired) electrons. The summed E-state index contributed by atoms with van der Waals surface area (Å²) in [6, 6.07) is 9.62. The van der Waals surface area contributed by atoms with Crippen molar-refractivity contribution >= 4 is 17.7 Å². The standard InChI is InChI=1S/C27H29FN4O4/c1-36-24-9-6-19(14-21(24)28)22(15-25(33)34)32-12-11-31-16-17(13-23(31)27(32)35)4-7-20-8-5-18-3-2-10-29-26(18)30-20/h5-6,8-9,13-14,16,22H,2-4,7,10-12,15H2,1H3,(H,29,30)(H,33,34)/t22-/m1/s1. The van der Waals surface area contributed by atoms with Crippen LogP contribution in [-0.2, 0) is 30.6 Å². The number of aliphatic carboxylic acids is 1. The summed E-state index contributed by atoms with van der Waals surface area (Å²) >= 11 is 0. The van der Waals surface area contributed by atoms with Crippen LogP contribution in [0.1, 0.15) is 51.8 Å². The van der Waals surface area contributed by atoms with Gasteiger partial charge in [-0.3, -0.25) is 9.59 Å². The van der Waals surface area contributed by atoms with E-state index in [4.69, 9.17) is 9.72 Å². The van der Waals surface area contributed by atoms with Crippen molar-refractivity contribution in [3.8, 4) is 5.75 Å². The number of halogens is 1. The third-order valence-electron chi connectivity index (χ3n) is 6.94. The van der Waals surface area contributed by atoms with Gasteiger partial charge in [-0.15, -0.1) is 0 Å². The van der Waals surface area contributed by atoms with Crippen LogP contribution in [0.25, 0.3) is 0 Å².